The van der Waals surface area contributed by atoms with Crippen LogP contribution in [0, 0.1) is 19.8 Å². The van der Waals surface area contributed by atoms with Gasteiger partial charge in [-0.3, -0.25) is 9.79 Å². The van der Waals surface area contributed by atoms with Crippen LogP contribution < -0.4 is 10.1 Å². The lowest BCUT2D eigenvalue weighted by Crippen LogP contribution is -2.12. The van der Waals surface area contributed by atoms with Crippen molar-refractivity contribution in [1.29, 1.82) is 0 Å². The standard InChI is InChI=1S/C25H32N2O2/c1-16(2)25(28)23-10-9-22(13-17(23)3)27-15-20(6)26-14-19(5)21-8-11-24(29-7)18(4)12-21/h8-14,16,27H,15H2,1-7H3/b19-14+,26-20?. The smallest absolute Gasteiger partial charge is 0.165 e. The molecule has 0 aromatic heterocycles. The molecule has 0 aliphatic heterocycles. The molecule has 0 amide bonds. The summed E-state index contributed by atoms with van der Waals surface area (Å²) in [6, 6.07) is 12.0. The molecule has 154 valence electrons. The van der Waals surface area contributed by atoms with Gasteiger partial charge >= 0.3 is 0 Å². The van der Waals surface area contributed by atoms with E-state index in [1.165, 1.54) is 0 Å². The summed E-state index contributed by atoms with van der Waals surface area (Å²) in [6.07, 6.45) is 1.90. The van der Waals surface area contributed by atoms with Crippen molar-refractivity contribution in [3.05, 3.63) is 64.9 Å². The Labute approximate surface area is 174 Å². The Morgan fingerprint density at radius 1 is 1.10 bits per heavy atom. The van der Waals surface area contributed by atoms with E-state index in [0.717, 1.165) is 45.0 Å². The van der Waals surface area contributed by atoms with E-state index in [2.05, 4.69) is 23.3 Å². The number of ketones is 1. The highest BCUT2D eigenvalue weighted by atomic mass is 16.5. The maximum absolute atomic E-state index is 12.2. The van der Waals surface area contributed by atoms with Crippen LogP contribution in [0.2, 0.25) is 0 Å². The largest absolute Gasteiger partial charge is 0.496 e. The zero-order valence-corrected chi connectivity index (χ0v) is 18.6. The van der Waals surface area contributed by atoms with E-state index in [4.69, 9.17) is 4.74 Å². The summed E-state index contributed by atoms with van der Waals surface area (Å²) in [5, 5.41) is 3.38. The van der Waals surface area contributed by atoms with Crippen LogP contribution in [-0.2, 0) is 0 Å². The van der Waals surface area contributed by atoms with Crippen LogP contribution in [0.5, 0.6) is 5.75 Å². The van der Waals surface area contributed by atoms with Gasteiger partial charge in [-0.25, -0.2) is 0 Å². The average Bonchev–Trinajstić information content (AvgIpc) is 2.69. The lowest BCUT2D eigenvalue weighted by molar-refractivity contribution is 0.0939. The van der Waals surface area contributed by atoms with Gasteiger partial charge in [0.05, 0.1) is 13.7 Å². The van der Waals surface area contributed by atoms with Crippen LogP contribution in [0.3, 0.4) is 0 Å². The summed E-state index contributed by atoms with van der Waals surface area (Å²) in [5.41, 5.74) is 7.10. The molecule has 0 aliphatic carbocycles. The number of anilines is 1. The van der Waals surface area contributed by atoms with Gasteiger partial charge < -0.3 is 10.1 Å². The highest BCUT2D eigenvalue weighted by Crippen LogP contribution is 2.23. The highest BCUT2D eigenvalue weighted by molar-refractivity contribution is 5.99. The predicted molar refractivity (Wildman–Crippen MR) is 123 cm³/mol. The molecule has 0 heterocycles. The quantitative estimate of drug-likeness (QED) is 0.437. The number of aliphatic imine (C=N–C) groups is 1. The Morgan fingerprint density at radius 2 is 1.83 bits per heavy atom. The molecule has 2 rings (SSSR count). The number of methoxy groups -OCH3 is 1. The molecule has 0 aliphatic rings. The fourth-order valence-electron chi connectivity index (χ4n) is 3.04. The van der Waals surface area contributed by atoms with E-state index in [0.29, 0.717) is 6.54 Å². The molecule has 0 unspecified atom stereocenters. The Balaban J connectivity index is 2.03. The monoisotopic (exact) mass is 392 g/mol. The van der Waals surface area contributed by atoms with Gasteiger partial charge in [0.2, 0.25) is 0 Å². The number of carbonyl (C=O) groups is 1. The van der Waals surface area contributed by atoms with E-state index in [-0.39, 0.29) is 11.7 Å². The van der Waals surface area contributed by atoms with Gasteiger partial charge in [-0.1, -0.05) is 19.9 Å². The van der Waals surface area contributed by atoms with Gasteiger partial charge in [-0.2, -0.15) is 0 Å². The summed E-state index contributed by atoms with van der Waals surface area (Å²) in [4.78, 5) is 16.8. The fraction of sp³-hybridized carbons (Fsp3) is 0.360. The summed E-state index contributed by atoms with van der Waals surface area (Å²) in [7, 11) is 1.68. The first-order chi connectivity index (χ1) is 13.7. The number of allylic oxidation sites excluding steroid dienone is 1. The van der Waals surface area contributed by atoms with Gasteiger partial charge in [0.15, 0.2) is 5.78 Å². The minimum atomic E-state index is 0.00593. The van der Waals surface area contributed by atoms with E-state index < -0.39 is 0 Å². The molecule has 0 saturated carbocycles. The molecule has 0 saturated heterocycles. The minimum absolute atomic E-state index is 0.00593. The second-order valence-corrected chi connectivity index (χ2v) is 7.76. The van der Waals surface area contributed by atoms with Crippen molar-refractivity contribution < 1.29 is 9.53 Å². The van der Waals surface area contributed by atoms with Crippen molar-refractivity contribution in [3.8, 4) is 5.75 Å². The molecular formula is C25H32N2O2. The molecule has 0 spiro atoms. The second kappa shape index (κ2) is 10.1. The lowest BCUT2D eigenvalue weighted by Gasteiger charge is -2.11. The normalized spacial score (nSPS) is 12.3. The molecule has 1 N–H and O–H groups in total. The molecule has 2 aromatic rings. The van der Waals surface area contributed by atoms with Gasteiger partial charge in [0.25, 0.3) is 0 Å². The minimum Gasteiger partial charge on any atom is -0.496 e. The number of nitrogens with one attached hydrogen (secondary N) is 1. The summed E-state index contributed by atoms with van der Waals surface area (Å²) in [6.45, 7) is 12.6. The van der Waals surface area contributed by atoms with Crippen molar-refractivity contribution in [2.75, 3.05) is 19.0 Å². The number of rotatable bonds is 8. The Hall–Kier alpha value is -2.88. The molecule has 2 aromatic carbocycles. The molecule has 0 radical (unpaired) electrons. The zero-order valence-electron chi connectivity index (χ0n) is 18.6. The van der Waals surface area contributed by atoms with Crippen LogP contribution >= 0.6 is 0 Å². The molecule has 0 fully saturated rings. The van der Waals surface area contributed by atoms with E-state index in [1.54, 1.807) is 7.11 Å². The van der Waals surface area contributed by atoms with Crippen molar-refractivity contribution in [2.24, 2.45) is 10.9 Å². The Bertz CT molecular complexity index is 940. The first-order valence-electron chi connectivity index (χ1n) is 9.96. The molecule has 4 heteroatoms. The van der Waals surface area contributed by atoms with Crippen molar-refractivity contribution in [2.45, 2.75) is 41.5 Å². The molecule has 29 heavy (non-hydrogen) atoms. The molecule has 0 bridgehead atoms. The molecular weight excluding hydrogens is 360 g/mol. The van der Waals surface area contributed by atoms with Gasteiger partial charge in [-0.15, -0.1) is 0 Å². The maximum Gasteiger partial charge on any atom is 0.165 e. The van der Waals surface area contributed by atoms with Gasteiger partial charge in [0.1, 0.15) is 5.75 Å². The number of benzene rings is 2. The van der Waals surface area contributed by atoms with Crippen LogP contribution in [0.4, 0.5) is 5.69 Å². The number of ether oxygens (including phenoxy) is 1. The lowest BCUT2D eigenvalue weighted by atomic mass is 9.97. The second-order valence-electron chi connectivity index (χ2n) is 7.76. The number of hydrogen-bond donors (Lipinski definition) is 1. The highest BCUT2D eigenvalue weighted by Gasteiger charge is 2.13. The van der Waals surface area contributed by atoms with E-state index >= 15 is 0 Å². The first-order valence-corrected chi connectivity index (χ1v) is 9.96. The van der Waals surface area contributed by atoms with Crippen molar-refractivity contribution >= 4 is 22.8 Å². The van der Waals surface area contributed by atoms with Crippen LogP contribution in [0.1, 0.15) is 54.7 Å². The van der Waals surface area contributed by atoms with Crippen molar-refractivity contribution in [1.82, 2.24) is 0 Å². The number of carbonyl (C=O) groups excluding carboxylic acids is 1. The van der Waals surface area contributed by atoms with Crippen LogP contribution in [0.15, 0.2) is 47.6 Å². The first kappa shape index (κ1) is 22.4. The molecule has 4 nitrogen and oxygen atoms in total. The summed E-state index contributed by atoms with van der Waals surface area (Å²) < 4.78 is 5.32. The third-order valence-electron chi connectivity index (χ3n) is 4.89. The SMILES string of the molecule is COc1ccc(/C(C)=C/N=C(C)CNc2ccc(C(=O)C(C)C)c(C)c2)cc1C. The average molecular weight is 393 g/mol. The number of Topliss-reactive ketones (excluding diaryl/α,β-unsaturated/α-hetero) is 1. The predicted octanol–water partition coefficient (Wildman–Crippen LogP) is 6.08. The van der Waals surface area contributed by atoms with Crippen LogP contribution in [-0.4, -0.2) is 25.1 Å². The summed E-state index contributed by atoms with van der Waals surface area (Å²) in [5.74, 6) is 1.08. The number of nitrogens with zero attached hydrogens (tertiary/aromatic N) is 1. The Kier molecular flexibility index (Phi) is 7.77. The van der Waals surface area contributed by atoms with Gasteiger partial charge in [-0.05, 0) is 80.3 Å². The number of hydrogen-bond acceptors (Lipinski definition) is 4. The van der Waals surface area contributed by atoms with Crippen molar-refractivity contribution in [3.63, 3.8) is 0 Å². The number of aryl methyl sites for hydroxylation is 2. The third kappa shape index (κ3) is 6.05. The Morgan fingerprint density at radius 3 is 2.41 bits per heavy atom. The zero-order chi connectivity index (χ0) is 21.6. The van der Waals surface area contributed by atoms with Gasteiger partial charge in [0, 0.05) is 29.1 Å². The fourth-order valence-corrected chi connectivity index (χ4v) is 3.04. The maximum atomic E-state index is 12.2. The third-order valence-corrected chi connectivity index (χ3v) is 4.89. The summed E-state index contributed by atoms with van der Waals surface area (Å²) >= 11 is 0. The van der Waals surface area contributed by atoms with E-state index in [1.807, 2.05) is 71.2 Å². The topological polar surface area (TPSA) is 50.7 Å². The molecule has 0 atom stereocenters. The van der Waals surface area contributed by atoms with E-state index in [9.17, 15) is 4.79 Å². The van der Waals surface area contributed by atoms with Crippen LogP contribution in [0.25, 0.3) is 5.57 Å².